The lowest BCUT2D eigenvalue weighted by atomic mass is 10.0. The first-order chi connectivity index (χ1) is 16.5. The Morgan fingerprint density at radius 1 is 0.882 bits per heavy atom. The molecule has 172 valence electrons. The van der Waals surface area contributed by atoms with Crippen LogP contribution in [0.1, 0.15) is 23.7 Å². The highest BCUT2D eigenvalue weighted by Gasteiger charge is 2.16. The molecule has 0 saturated heterocycles. The highest BCUT2D eigenvalue weighted by molar-refractivity contribution is 6.13. The van der Waals surface area contributed by atoms with Gasteiger partial charge in [-0.15, -0.1) is 0 Å². The summed E-state index contributed by atoms with van der Waals surface area (Å²) >= 11 is 0. The fourth-order valence-electron chi connectivity index (χ4n) is 3.59. The summed E-state index contributed by atoms with van der Waals surface area (Å²) in [7, 11) is 3.11. The Morgan fingerprint density at radius 3 is 2.35 bits per heavy atom. The van der Waals surface area contributed by atoms with E-state index in [0.717, 1.165) is 10.9 Å². The summed E-state index contributed by atoms with van der Waals surface area (Å²) in [6.07, 6.45) is 0.407. The van der Waals surface area contributed by atoms with Crippen LogP contribution in [0.15, 0.2) is 72.8 Å². The van der Waals surface area contributed by atoms with Crippen molar-refractivity contribution in [2.24, 2.45) is 0 Å². The van der Waals surface area contributed by atoms with Crippen LogP contribution < -0.4 is 20.1 Å². The van der Waals surface area contributed by atoms with Gasteiger partial charge < -0.3 is 20.1 Å². The maximum absolute atomic E-state index is 13.4. The molecule has 0 aliphatic heterocycles. The van der Waals surface area contributed by atoms with Crippen molar-refractivity contribution < 1.29 is 19.1 Å². The summed E-state index contributed by atoms with van der Waals surface area (Å²) in [6, 6.07) is 21.9. The molecule has 0 atom stereocenters. The van der Waals surface area contributed by atoms with Gasteiger partial charge in [-0.2, -0.15) is 0 Å². The van der Waals surface area contributed by atoms with Crippen LogP contribution in [0.3, 0.4) is 0 Å². The maximum atomic E-state index is 13.4. The van der Waals surface area contributed by atoms with Gasteiger partial charge in [-0.1, -0.05) is 37.3 Å². The normalized spacial score (nSPS) is 10.6. The van der Waals surface area contributed by atoms with Crippen LogP contribution in [-0.2, 0) is 4.79 Å². The number of aromatic nitrogens is 1. The van der Waals surface area contributed by atoms with Crippen molar-refractivity contribution in [1.82, 2.24) is 4.98 Å². The largest absolute Gasteiger partial charge is 0.497 e. The number of amides is 2. The average Bonchev–Trinajstić information content (AvgIpc) is 2.88. The number of nitrogens with one attached hydrogen (secondary N) is 2. The van der Waals surface area contributed by atoms with E-state index in [9.17, 15) is 9.59 Å². The third kappa shape index (κ3) is 4.83. The van der Waals surface area contributed by atoms with Gasteiger partial charge in [0.05, 0.1) is 36.7 Å². The molecule has 0 unspecified atom stereocenters. The Hall–Kier alpha value is -4.39. The van der Waals surface area contributed by atoms with Crippen LogP contribution in [0.2, 0.25) is 0 Å². The van der Waals surface area contributed by atoms with E-state index in [1.54, 1.807) is 45.4 Å². The fourth-order valence-corrected chi connectivity index (χ4v) is 3.59. The molecular formula is C27H25N3O4. The van der Waals surface area contributed by atoms with Crippen LogP contribution in [0.25, 0.3) is 22.2 Å². The van der Waals surface area contributed by atoms with Crippen LogP contribution in [0.5, 0.6) is 11.5 Å². The second-order valence-electron chi connectivity index (χ2n) is 7.57. The molecule has 0 saturated carbocycles. The number of anilines is 2. The fraction of sp³-hybridized carbons (Fsp3) is 0.148. The lowest BCUT2D eigenvalue weighted by molar-refractivity contribution is -0.115. The van der Waals surface area contributed by atoms with Crippen molar-refractivity contribution >= 4 is 34.1 Å². The molecule has 0 spiro atoms. The molecular weight excluding hydrogens is 430 g/mol. The number of benzene rings is 3. The minimum Gasteiger partial charge on any atom is -0.497 e. The second kappa shape index (κ2) is 10.0. The van der Waals surface area contributed by atoms with E-state index in [1.807, 2.05) is 48.5 Å². The Kier molecular flexibility index (Phi) is 6.73. The van der Waals surface area contributed by atoms with Gasteiger partial charge >= 0.3 is 0 Å². The number of rotatable bonds is 7. The molecule has 4 rings (SSSR count). The number of hydrogen-bond acceptors (Lipinski definition) is 5. The van der Waals surface area contributed by atoms with E-state index in [1.165, 1.54) is 0 Å². The van der Waals surface area contributed by atoms with Gasteiger partial charge in [-0.05, 0) is 36.4 Å². The quantitative estimate of drug-likeness (QED) is 0.383. The van der Waals surface area contributed by atoms with Crippen LogP contribution in [-0.4, -0.2) is 31.0 Å². The van der Waals surface area contributed by atoms with E-state index >= 15 is 0 Å². The van der Waals surface area contributed by atoms with Crippen molar-refractivity contribution in [2.45, 2.75) is 13.3 Å². The third-order valence-electron chi connectivity index (χ3n) is 5.40. The van der Waals surface area contributed by atoms with E-state index in [0.29, 0.717) is 46.1 Å². The molecule has 0 fully saturated rings. The highest BCUT2D eigenvalue weighted by atomic mass is 16.5. The minimum absolute atomic E-state index is 0.0523. The standard InChI is InChI=1S/C27H25N3O4/c1-4-26(31)28-18-11-9-17(10-12-18)23-16-21(20-7-5-6-8-22(20)29-23)27(32)30-24-15-19(33-2)13-14-25(24)34-3/h5-16H,4H2,1-3H3,(H,28,31)(H,30,32). The van der Waals surface area contributed by atoms with Gasteiger partial charge in [-0.25, -0.2) is 4.98 Å². The zero-order chi connectivity index (χ0) is 24.1. The number of hydrogen-bond donors (Lipinski definition) is 2. The average molecular weight is 456 g/mol. The first kappa shape index (κ1) is 22.8. The number of carbonyl (C=O) groups is 2. The summed E-state index contributed by atoms with van der Waals surface area (Å²) in [5, 5.41) is 6.51. The lowest BCUT2D eigenvalue weighted by Crippen LogP contribution is -2.14. The van der Waals surface area contributed by atoms with E-state index in [2.05, 4.69) is 10.6 Å². The summed E-state index contributed by atoms with van der Waals surface area (Å²) in [5.74, 6) is 0.783. The molecule has 0 bridgehead atoms. The third-order valence-corrected chi connectivity index (χ3v) is 5.40. The first-order valence-corrected chi connectivity index (χ1v) is 10.9. The van der Waals surface area contributed by atoms with Gasteiger partial charge in [0.25, 0.3) is 5.91 Å². The number of fused-ring (bicyclic) bond motifs is 1. The monoisotopic (exact) mass is 455 g/mol. The Morgan fingerprint density at radius 2 is 1.65 bits per heavy atom. The van der Waals surface area contributed by atoms with Crippen molar-refractivity contribution in [3.05, 3.63) is 78.4 Å². The van der Waals surface area contributed by atoms with Gasteiger partial charge in [0, 0.05) is 29.1 Å². The Labute approximate surface area is 197 Å². The highest BCUT2D eigenvalue weighted by Crippen LogP contribution is 2.31. The first-order valence-electron chi connectivity index (χ1n) is 10.9. The number of pyridine rings is 1. The molecule has 2 amide bonds. The Balaban J connectivity index is 1.72. The maximum Gasteiger partial charge on any atom is 0.256 e. The molecule has 3 aromatic carbocycles. The summed E-state index contributed by atoms with van der Waals surface area (Å²) in [4.78, 5) is 29.8. The minimum atomic E-state index is -0.293. The van der Waals surface area contributed by atoms with E-state index in [4.69, 9.17) is 14.5 Å². The molecule has 0 radical (unpaired) electrons. The van der Waals surface area contributed by atoms with Gasteiger partial charge in [0.2, 0.25) is 5.91 Å². The van der Waals surface area contributed by atoms with Gasteiger partial charge in [0.1, 0.15) is 11.5 Å². The Bertz CT molecular complexity index is 1350. The predicted octanol–water partition coefficient (Wildman–Crippen LogP) is 5.52. The van der Waals surface area contributed by atoms with Gasteiger partial charge in [-0.3, -0.25) is 9.59 Å². The van der Waals surface area contributed by atoms with E-state index in [-0.39, 0.29) is 11.8 Å². The molecule has 1 aromatic heterocycles. The topological polar surface area (TPSA) is 89.6 Å². The second-order valence-corrected chi connectivity index (χ2v) is 7.57. The van der Waals surface area contributed by atoms with Crippen molar-refractivity contribution in [1.29, 1.82) is 0 Å². The molecule has 0 aliphatic rings. The molecule has 34 heavy (non-hydrogen) atoms. The number of carbonyl (C=O) groups excluding carboxylic acids is 2. The molecule has 7 nitrogen and oxygen atoms in total. The molecule has 2 N–H and O–H groups in total. The zero-order valence-electron chi connectivity index (χ0n) is 19.2. The molecule has 0 aliphatic carbocycles. The number of ether oxygens (including phenoxy) is 2. The smallest absolute Gasteiger partial charge is 0.256 e. The lowest BCUT2D eigenvalue weighted by Gasteiger charge is -2.14. The van der Waals surface area contributed by atoms with Crippen LogP contribution in [0.4, 0.5) is 11.4 Å². The number of methoxy groups -OCH3 is 2. The molecule has 7 heteroatoms. The van der Waals surface area contributed by atoms with Crippen molar-refractivity contribution in [3.63, 3.8) is 0 Å². The molecule has 4 aromatic rings. The van der Waals surface area contributed by atoms with Crippen molar-refractivity contribution in [3.8, 4) is 22.8 Å². The van der Waals surface area contributed by atoms with Crippen LogP contribution >= 0.6 is 0 Å². The summed E-state index contributed by atoms with van der Waals surface area (Å²) in [6.45, 7) is 1.80. The summed E-state index contributed by atoms with van der Waals surface area (Å²) in [5.41, 5.74) is 3.87. The van der Waals surface area contributed by atoms with Crippen LogP contribution in [0, 0.1) is 0 Å². The van der Waals surface area contributed by atoms with Crippen molar-refractivity contribution in [2.75, 3.05) is 24.9 Å². The summed E-state index contributed by atoms with van der Waals surface area (Å²) < 4.78 is 10.7. The number of nitrogens with zero attached hydrogens (tertiary/aromatic N) is 1. The van der Waals surface area contributed by atoms with Gasteiger partial charge in [0.15, 0.2) is 0 Å². The number of para-hydroxylation sites is 1. The zero-order valence-corrected chi connectivity index (χ0v) is 19.2. The predicted molar refractivity (Wildman–Crippen MR) is 134 cm³/mol. The molecule has 1 heterocycles. The SMILES string of the molecule is CCC(=O)Nc1ccc(-c2cc(C(=O)Nc3cc(OC)ccc3OC)c3ccccc3n2)cc1. The van der Waals surface area contributed by atoms with E-state index < -0.39 is 0 Å².